The number of hydrogen-bond donors (Lipinski definition) is 1. The van der Waals surface area contributed by atoms with E-state index in [2.05, 4.69) is 0 Å². The first-order chi connectivity index (χ1) is 8.51. The smallest absolute Gasteiger partial charge is 0.335 e. The van der Waals surface area contributed by atoms with Gasteiger partial charge in [0.1, 0.15) is 0 Å². The molecule has 1 N–H and O–H groups in total. The molecule has 0 aliphatic carbocycles. The molecule has 0 radical (unpaired) electrons. The topological polar surface area (TPSA) is 60.9 Å². The van der Waals surface area contributed by atoms with Crippen molar-refractivity contribution < 1.29 is 14.7 Å². The molecule has 0 spiro atoms. The predicted octanol–water partition coefficient (Wildman–Crippen LogP) is 2.28. The number of carboxylic acids is 1. The predicted molar refractivity (Wildman–Crippen MR) is 70.1 cm³/mol. The summed E-state index contributed by atoms with van der Waals surface area (Å²) < 4.78 is 0. The molecule has 0 bridgehead atoms. The van der Waals surface area contributed by atoms with E-state index in [1.807, 2.05) is 13.8 Å². The minimum absolute atomic E-state index is 0.0944. The lowest BCUT2D eigenvalue weighted by Gasteiger charge is -2.26. The second-order valence-corrected chi connectivity index (χ2v) is 3.87. The molecular formula is C13H18N2O3. The van der Waals surface area contributed by atoms with Gasteiger partial charge in [-0.05, 0) is 38.1 Å². The zero-order valence-corrected chi connectivity index (χ0v) is 10.9. The van der Waals surface area contributed by atoms with E-state index in [4.69, 9.17) is 5.11 Å². The van der Waals surface area contributed by atoms with Crippen LogP contribution in [0, 0.1) is 0 Å². The summed E-state index contributed by atoms with van der Waals surface area (Å²) in [5.74, 6) is -0.973. The van der Waals surface area contributed by atoms with Crippen molar-refractivity contribution in [2.75, 3.05) is 25.0 Å². The van der Waals surface area contributed by atoms with E-state index < -0.39 is 5.97 Å². The van der Waals surface area contributed by atoms with E-state index in [1.54, 1.807) is 24.1 Å². The van der Waals surface area contributed by atoms with Crippen LogP contribution in [0.4, 0.5) is 10.5 Å². The van der Waals surface area contributed by atoms with Gasteiger partial charge < -0.3 is 10.0 Å². The molecule has 0 atom stereocenters. The SMILES string of the molecule is CCN(CC)C(=O)N(C)c1ccc(C(=O)O)cc1. The quantitative estimate of drug-likeness (QED) is 0.891. The summed E-state index contributed by atoms with van der Waals surface area (Å²) in [7, 11) is 1.68. The summed E-state index contributed by atoms with van der Waals surface area (Å²) in [6, 6.07) is 6.14. The minimum atomic E-state index is -0.973. The number of rotatable bonds is 4. The van der Waals surface area contributed by atoms with Crippen molar-refractivity contribution in [3.8, 4) is 0 Å². The van der Waals surface area contributed by atoms with Gasteiger partial charge in [0, 0.05) is 25.8 Å². The lowest BCUT2D eigenvalue weighted by atomic mass is 10.2. The number of anilines is 1. The van der Waals surface area contributed by atoms with Crippen molar-refractivity contribution in [1.82, 2.24) is 4.90 Å². The lowest BCUT2D eigenvalue weighted by Crippen LogP contribution is -2.41. The molecule has 0 saturated heterocycles. The summed E-state index contributed by atoms with van der Waals surface area (Å²) in [6.07, 6.45) is 0. The molecule has 0 unspecified atom stereocenters. The minimum Gasteiger partial charge on any atom is -0.478 e. The van der Waals surface area contributed by atoms with Crippen molar-refractivity contribution in [3.05, 3.63) is 29.8 Å². The van der Waals surface area contributed by atoms with Gasteiger partial charge in [0.2, 0.25) is 0 Å². The first-order valence-corrected chi connectivity index (χ1v) is 5.87. The zero-order chi connectivity index (χ0) is 13.7. The second kappa shape index (κ2) is 6.05. The van der Waals surface area contributed by atoms with Crippen LogP contribution in [0.3, 0.4) is 0 Å². The molecule has 1 aromatic carbocycles. The van der Waals surface area contributed by atoms with Gasteiger partial charge in [0.15, 0.2) is 0 Å². The Morgan fingerprint density at radius 2 is 1.61 bits per heavy atom. The molecule has 18 heavy (non-hydrogen) atoms. The Kier molecular flexibility index (Phi) is 4.71. The summed E-state index contributed by atoms with van der Waals surface area (Å²) in [5.41, 5.74) is 0.888. The number of carbonyl (C=O) groups is 2. The molecule has 1 rings (SSSR count). The van der Waals surface area contributed by atoms with Gasteiger partial charge in [0.05, 0.1) is 5.56 Å². The van der Waals surface area contributed by atoms with Crippen LogP contribution >= 0.6 is 0 Å². The van der Waals surface area contributed by atoms with Gasteiger partial charge >= 0.3 is 12.0 Å². The standard InChI is InChI=1S/C13H18N2O3/c1-4-15(5-2)13(18)14(3)11-8-6-10(7-9-11)12(16)17/h6-9H,4-5H2,1-3H3,(H,16,17). The Morgan fingerprint density at radius 3 is 2.00 bits per heavy atom. The number of benzene rings is 1. The van der Waals surface area contributed by atoms with E-state index in [0.717, 1.165) is 0 Å². The second-order valence-electron chi connectivity index (χ2n) is 3.87. The number of hydrogen-bond acceptors (Lipinski definition) is 2. The van der Waals surface area contributed by atoms with Gasteiger partial charge in [-0.25, -0.2) is 9.59 Å². The molecule has 0 fully saturated rings. The average Bonchev–Trinajstić information content (AvgIpc) is 2.39. The van der Waals surface area contributed by atoms with Crippen LogP contribution in [-0.2, 0) is 0 Å². The van der Waals surface area contributed by atoms with Crippen LogP contribution in [0.5, 0.6) is 0 Å². The van der Waals surface area contributed by atoms with Crippen LogP contribution in [0.25, 0.3) is 0 Å². The number of aromatic carboxylic acids is 1. The molecule has 5 heteroatoms. The highest BCUT2D eigenvalue weighted by molar-refractivity contribution is 5.93. The van der Waals surface area contributed by atoms with Gasteiger partial charge in [-0.15, -0.1) is 0 Å². The maximum Gasteiger partial charge on any atom is 0.335 e. The van der Waals surface area contributed by atoms with Crippen molar-refractivity contribution in [3.63, 3.8) is 0 Å². The largest absolute Gasteiger partial charge is 0.478 e. The first kappa shape index (κ1) is 14.0. The number of carboxylic acid groups (broad SMARTS) is 1. The van der Waals surface area contributed by atoms with E-state index in [1.165, 1.54) is 17.0 Å². The molecule has 0 aliphatic rings. The highest BCUT2D eigenvalue weighted by Crippen LogP contribution is 2.15. The molecule has 2 amide bonds. The number of urea groups is 1. The summed E-state index contributed by atoms with van der Waals surface area (Å²) in [4.78, 5) is 26.0. The summed E-state index contributed by atoms with van der Waals surface area (Å²) >= 11 is 0. The zero-order valence-electron chi connectivity index (χ0n) is 10.9. The average molecular weight is 250 g/mol. The molecule has 1 aromatic rings. The molecular weight excluding hydrogens is 232 g/mol. The molecule has 98 valence electrons. The molecule has 0 aromatic heterocycles. The molecule has 0 heterocycles. The van der Waals surface area contributed by atoms with E-state index in [0.29, 0.717) is 18.8 Å². The number of carbonyl (C=O) groups excluding carboxylic acids is 1. The Morgan fingerprint density at radius 1 is 1.11 bits per heavy atom. The summed E-state index contributed by atoms with van der Waals surface area (Å²) in [5, 5.41) is 8.80. The third-order valence-electron chi connectivity index (χ3n) is 2.82. The van der Waals surface area contributed by atoms with E-state index in [9.17, 15) is 9.59 Å². The third kappa shape index (κ3) is 3.00. The van der Waals surface area contributed by atoms with Crippen molar-refractivity contribution in [1.29, 1.82) is 0 Å². The van der Waals surface area contributed by atoms with Crippen LogP contribution < -0.4 is 4.90 Å². The molecule has 5 nitrogen and oxygen atoms in total. The van der Waals surface area contributed by atoms with Crippen LogP contribution in [0.1, 0.15) is 24.2 Å². The van der Waals surface area contributed by atoms with Crippen LogP contribution in [-0.4, -0.2) is 42.1 Å². The van der Waals surface area contributed by atoms with Gasteiger partial charge in [-0.1, -0.05) is 0 Å². The van der Waals surface area contributed by atoms with Gasteiger partial charge in [-0.2, -0.15) is 0 Å². The molecule has 0 saturated carbocycles. The fourth-order valence-corrected chi connectivity index (χ4v) is 1.64. The van der Waals surface area contributed by atoms with Crippen LogP contribution in [0.15, 0.2) is 24.3 Å². The Hall–Kier alpha value is -2.04. The highest BCUT2D eigenvalue weighted by Gasteiger charge is 2.16. The van der Waals surface area contributed by atoms with Crippen molar-refractivity contribution >= 4 is 17.7 Å². The Balaban J connectivity index is 2.86. The van der Waals surface area contributed by atoms with E-state index >= 15 is 0 Å². The fraction of sp³-hybridized carbons (Fsp3) is 0.385. The van der Waals surface area contributed by atoms with Gasteiger partial charge in [-0.3, -0.25) is 4.90 Å². The lowest BCUT2D eigenvalue weighted by molar-refractivity contribution is 0.0697. The monoisotopic (exact) mass is 250 g/mol. The first-order valence-electron chi connectivity index (χ1n) is 5.87. The maximum atomic E-state index is 12.1. The number of amides is 2. The number of nitrogens with zero attached hydrogens (tertiary/aromatic N) is 2. The molecule has 0 aliphatic heterocycles. The fourth-order valence-electron chi connectivity index (χ4n) is 1.64. The third-order valence-corrected chi connectivity index (χ3v) is 2.82. The maximum absolute atomic E-state index is 12.1. The van der Waals surface area contributed by atoms with Crippen molar-refractivity contribution in [2.24, 2.45) is 0 Å². The van der Waals surface area contributed by atoms with Gasteiger partial charge in [0.25, 0.3) is 0 Å². The Labute approximate surface area is 107 Å². The Bertz CT molecular complexity index is 424. The van der Waals surface area contributed by atoms with Crippen LogP contribution in [0.2, 0.25) is 0 Å². The summed E-state index contributed by atoms with van der Waals surface area (Å²) in [6.45, 7) is 5.13. The van der Waals surface area contributed by atoms with Crippen molar-refractivity contribution in [2.45, 2.75) is 13.8 Å². The normalized spacial score (nSPS) is 9.94. The highest BCUT2D eigenvalue weighted by atomic mass is 16.4. The van der Waals surface area contributed by atoms with E-state index in [-0.39, 0.29) is 11.6 Å².